The van der Waals surface area contributed by atoms with Crippen LogP contribution in [0.4, 0.5) is 0 Å². The van der Waals surface area contributed by atoms with Crippen molar-refractivity contribution in [3.63, 3.8) is 0 Å². The molecule has 1 atom stereocenters. The minimum Gasteiger partial charge on any atom is -0.482 e. The van der Waals surface area contributed by atoms with E-state index in [1.165, 1.54) is 0 Å². The topological polar surface area (TPSA) is 93.5 Å². The third-order valence-electron chi connectivity index (χ3n) is 3.32. The van der Waals surface area contributed by atoms with Crippen LogP contribution in [-0.4, -0.2) is 33.4 Å². The first-order chi connectivity index (χ1) is 10.9. The smallest absolute Gasteiger partial charge is 0.341 e. The molecule has 0 saturated heterocycles. The van der Waals surface area contributed by atoms with Gasteiger partial charge in [0.05, 0.1) is 11.7 Å². The molecule has 1 unspecified atom stereocenters. The second kappa shape index (κ2) is 6.95. The van der Waals surface area contributed by atoms with Gasteiger partial charge in [0.1, 0.15) is 11.4 Å². The van der Waals surface area contributed by atoms with Gasteiger partial charge < -0.3 is 15.2 Å². The Morgan fingerprint density at radius 1 is 1.35 bits per heavy atom. The van der Waals surface area contributed by atoms with Gasteiger partial charge in [0.25, 0.3) is 5.91 Å². The first kappa shape index (κ1) is 16.5. The van der Waals surface area contributed by atoms with Crippen LogP contribution in [0.3, 0.4) is 0 Å². The summed E-state index contributed by atoms with van der Waals surface area (Å²) in [6.07, 6.45) is 0. The van der Waals surface area contributed by atoms with Crippen molar-refractivity contribution in [3.8, 4) is 5.75 Å². The Morgan fingerprint density at radius 2 is 2.00 bits per heavy atom. The van der Waals surface area contributed by atoms with E-state index in [0.717, 1.165) is 11.3 Å². The molecule has 2 rings (SSSR count). The number of carbonyl (C=O) groups excluding carboxylic acids is 1. The van der Waals surface area contributed by atoms with Crippen molar-refractivity contribution in [1.82, 2.24) is 15.1 Å². The molecule has 0 saturated carbocycles. The highest BCUT2D eigenvalue weighted by molar-refractivity contribution is 5.92. The lowest BCUT2D eigenvalue weighted by atomic mass is 10.1. The number of aryl methyl sites for hydroxylation is 2. The molecule has 1 aromatic heterocycles. The van der Waals surface area contributed by atoms with Crippen LogP contribution in [0.5, 0.6) is 5.75 Å². The zero-order valence-corrected chi connectivity index (χ0v) is 13.2. The van der Waals surface area contributed by atoms with E-state index in [1.54, 1.807) is 42.1 Å². The molecule has 0 radical (unpaired) electrons. The minimum absolute atomic E-state index is 0.202. The zero-order valence-electron chi connectivity index (χ0n) is 13.2. The maximum atomic E-state index is 12.2. The van der Waals surface area contributed by atoms with E-state index in [2.05, 4.69) is 10.4 Å². The Morgan fingerprint density at radius 3 is 2.52 bits per heavy atom. The third-order valence-corrected chi connectivity index (χ3v) is 3.32. The highest BCUT2D eigenvalue weighted by Crippen LogP contribution is 2.18. The van der Waals surface area contributed by atoms with Crippen LogP contribution in [0.1, 0.15) is 34.7 Å². The maximum absolute atomic E-state index is 12.2. The number of hydrogen-bond acceptors (Lipinski definition) is 4. The molecule has 0 fully saturated rings. The molecule has 7 nitrogen and oxygen atoms in total. The number of carbonyl (C=O) groups is 2. The van der Waals surface area contributed by atoms with Gasteiger partial charge in [-0.05, 0) is 37.6 Å². The summed E-state index contributed by atoms with van der Waals surface area (Å²) in [6, 6.07) is 8.45. The van der Waals surface area contributed by atoms with Crippen molar-refractivity contribution in [2.75, 3.05) is 6.61 Å². The fourth-order valence-electron chi connectivity index (χ4n) is 2.17. The lowest BCUT2D eigenvalue weighted by molar-refractivity contribution is -0.139. The Balaban J connectivity index is 2.00. The van der Waals surface area contributed by atoms with Crippen LogP contribution in [0, 0.1) is 6.92 Å². The Kier molecular flexibility index (Phi) is 5.00. The number of carboxylic acids is 1. The van der Waals surface area contributed by atoms with Gasteiger partial charge in [0, 0.05) is 7.05 Å². The fourth-order valence-corrected chi connectivity index (χ4v) is 2.17. The number of hydrogen-bond donors (Lipinski definition) is 2. The number of aromatic nitrogens is 2. The molecule has 1 heterocycles. The first-order valence-corrected chi connectivity index (χ1v) is 7.13. The van der Waals surface area contributed by atoms with Crippen LogP contribution in [-0.2, 0) is 11.8 Å². The van der Waals surface area contributed by atoms with Crippen LogP contribution < -0.4 is 10.1 Å². The predicted molar refractivity (Wildman–Crippen MR) is 83.4 cm³/mol. The average Bonchev–Trinajstić information content (AvgIpc) is 2.84. The molecule has 23 heavy (non-hydrogen) atoms. The molecule has 1 aromatic carbocycles. The van der Waals surface area contributed by atoms with Crippen molar-refractivity contribution in [3.05, 3.63) is 47.3 Å². The normalized spacial score (nSPS) is 11.8. The summed E-state index contributed by atoms with van der Waals surface area (Å²) >= 11 is 0. The first-order valence-electron chi connectivity index (χ1n) is 7.13. The van der Waals surface area contributed by atoms with Gasteiger partial charge in [-0.25, -0.2) is 4.79 Å². The number of nitrogens with zero attached hydrogens (tertiary/aromatic N) is 2. The summed E-state index contributed by atoms with van der Waals surface area (Å²) in [6.45, 7) is 3.32. The molecule has 0 aliphatic rings. The molecule has 0 aliphatic heterocycles. The molecular weight excluding hydrogens is 298 g/mol. The van der Waals surface area contributed by atoms with E-state index >= 15 is 0 Å². The largest absolute Gasteiger partial charge is 0.482 e. The second-order valence-electron chi connectivity index (χ2n) is 5.24. The van der Waals surface area contributed by atoms with Gasteiger partial charge in [0.2, 0.25) is 0 Å². The van der Waals surface area contributed by atoms with E-state index in [-0.39, 0.29) is 18.6 Å². The van der Waals surface area contributed by atoms with Crippen molar-refractivity contribution < 1.29 is 19.4 Å². The molecule has 122 valence electrons. The summed E-state index contributed by atoms with van der Waals surface area (Å²) in [4.78, 5) is 22.7. The number of carboxylic acid groups (broad SMARTS) is 1. The zero-order chi connectivity index (χ0) is 17.0. The number of amides is 1. The Labute approximate surface area is 133 Å². The third kappa shape index (κ3) is 4.32. The summed E-state index contributed by atoms with van der Waals surface area (Å²) in [5.74, 6) is -0.759. The molecule has 2 N–H and O–H groups in total. The molecule has 1 amide bonds. The molecule has 2 aromatic rings. The molecular formula is C16H19N3O4. The molecule has 7 heteroatoms. The monoisotopic (exact) mass is 317 g/mol. The van der Waals surface area contributed by atoms with Crippen molar-refractivity contribution in [2.45, 2.75) is 19.9 Å². The van der Waals surface area contributed by atoms with E-state index < -0.39 is 5.97 Å². The second-order valence-corrected chi connectivity index (χ2v) is 5.24. The molecule has 0 aliphatic carbocycles. The highest BCUT2D eigenvalue weighted by Gasteiger charge is 2.15. The van der Waals surface area contributed by atoms with Crippen LogP contribution in [0.25, 0.3) is 0 Å². The van der Waals surface area contributed by atoms with Crippen molar-refractivity contribution in [2.24, 2.45) is 7.05 Å². The van der Waals surface area contributed by atoms with E-state index in [0.29, 0.717) is 11.4 Å². The summed E-state index contributed by atoms with van der Waals surface area (Å²) in [5.41, 5.74) is 2.17. The number of ether oxygens (including phenoxy) is 1. The van der Waals surface area contributed by atoms with Gasteiger partial charge >= 0.3 is 5.97 Å². The average molecular weight is 317 g/mol. The SMILES string of the molecule is Cc1cc(C(=O)NC(C)c2ccc(OCC(=O)O)cc2)n(C)n1. The van der Waals surface area contributed by atoms with E-state index in [9.17, 15) is 9.59 Å². The Bertz CT molecular complexity index is 707. The lowest BCUT2D eigenvalue weighted by Gasteiger charge is -2.15. The number of aliphatic carboxylic acids is 1. The van der Waals surface area contributed by atoms with Crippen LogP contribution in [0.2, 0.25) is 0 Å². The number of nitrogens with one attached hydrogen (secondary N) is 1. The predicted octanol–water partition coefficient (Wildman–Crippen LogP) is 1.68. The molecule has 0 bridgehead atoms. The standard InChI is InChI=1S/C16H19N3O4/c1-10-8-14(19(3)18-10)16(22)17-11(2)12-4-6-13(7-5-12)23-9-15(20)21/h4-8,11H,9H2,1-3H3,(H,17,22)(H,20,21). The number of benzene rings is 1. The lowest BCUT2D eigenvalue weighted by Crippen LogP contribution is -2.28. The van der Waals surface area contributed by atoms with Gasteiger partial charge in [-0.2, -0.15) is 5.10 Å². The molecule has 0 spiro atoms. The van der Waals surface area contributed by atoms with E-state index in [1.807, 2.05) is 13.8 Å². The van der Waals surface area contributed by atoms with Crippen molar-refractivity contribution >= 4 is 11.9 Å². The van der Waals surface area contributed by atoms with Gasteiger partial charge in [0.15, 0.2) is 6.61 Å². The van der Waals surface area contributed by atoms with E-state index in [4.69, 9.17) is 9.84 Å². The summed E-state index contributed by atoms with van der Waals surface area (Å²) in [5, 5.41) is 15.6. The number of rotatable bonds is 6. The van der Waals surface area contributed by atoms with Gasteiger partial charge in [-0.1, -0.05) is 12.1 Å². The minimum atomic E-state index is -1.03. The van der Waals surface area contributed by atoms with Crippen LogP contribution in [0.15, 0.2) is 30.3 Å². The van der Waals surface area contributed by atoms with Crippen LogP contribution >= 0.6 is 0 Å². The summed E-state index contributed by atoms with van der Waals surface area (Å²) in [7, 11) is 1.72. The fraction of sp³-hybridized carbons (Fsp3) is 0.312. The summed E-state index contributed by atoms with van der Waals surface area (Å²) < 4.78 is 6.61. The maximum Gasteiger partial charge on any atom is 0.341 e. The van der Waals surface area contributed by atoms with Gasteiger partial charge in [-0.3, -0.25) is 9.48 Å². The van der Waals surface area contributed by atoms with Gasteiger partial charge in [-0.15, -0.1) is 0 Å². The Hall–Kier alpha value is -2.83. The highest BCUT2D eigenvalue weighted by atomic mass is 16.5. The van der Waals surface area contributed by atoms with Crippen molar-refractivity contribution in [1.29, 1.82) is 0 Å². The quantitative estimate of drug-likeness (QED) is 0.845.